The molecule has 0 aliphatic rings. The summed E-state index contributed by atoms with van der Waals surface area (Å²) >= 11 is 8.33. The van der Waals surface area contributed by atoms with E-state index in [1.165, 1.54) is 35.9 Å². The number of fused-ring (bicyclic) bond motifs is 1. The van der Waals surface area contributed by atoms with Crippen LogP contribution >= 0.6 is 28.1 Å². The minimum absolute atomic E-state index is 0.201. The molecule has 1 aromatic heterocycles. The maximum absolute atomic E-state index is 14.1. The fourth-order valence-corrected chi connectivity index (χ4v) is 2.78. The summed E-state index contributed by atoms with van der Waals surface area (Å²) in [7, 11) is 1.49. The Labute approximate surface area is 132 Å². The highest BCUT2D eigenvalue weighted by molar-refractivity contribution is 9.10. The third-order valence-corrected chi connectivity index (χ3v) is 4.01. The summed E-state index contributed by atoms with van der Waals surface area (Å²) in [6.45, 7) is 0. The third-order valence-electron chi connectivity index (χ3n) is 3.12. The van der Waals surface area contributed by atoms with Crippen LogP contribution in [0.2, 0.25) is 0 Å². The molecular weight excluding hydrogens is 362 g/mol. The van der Waals surface area contributed by atoms with Crippen molar-refractivity contribution in [1.29, 1.82) is 0 Å². The van der Waals surface area contributed by atoms with E-state index in [1.807, 2.05) is 0 Å². The van der Waals surface area contributed by atoms with E-state index in [1.54, 1.807) is 6.07 Å². The summed E-state index contributed by atoms with van der Waals surface area (Å²) in [5, 5.41) is 0. The van der Waals surface area contributed by atoms with Gasteiger partial charge in [0.05, 0.1) is 28.3 Å². The molecule has 1 N–H and O–H groups in total. The van der Waals surface area contributed by atoms with Crippen LogP contribution in [0.4, 0.5) is 8.78 Å². The standard InChI is InChI=1S/C14H9BrF2N2OS/c1-20-7-2-3-9(16)12(4-7)19-13-6-10(17)8(15)5-11(13)18-14(19)21/h2-6H,1H3,(H,18,21). The first-order chi connectivity index (χ1) is 10.0. The van der Waals surface area contributed by atoms with Gasteiger partial charge in [0.25, 0.3) is 0 Å². The molecule has 0 atom stereocenters. The van der Waals surface area contributed by atoms with Crippen LogP contribution in [0.5, 0.6) is 5.75 Å². The van der Waals surface area contributed by atoms with E-state index in [0.717, 1.165) is 0 Å². The van der Waals surface area contributed by atoms with Gasteiger partial charge in [-0.2, -0.15) is 0 Å². The molecule has 3 rings (SSSR count). The molecular formula is C14H9BrF2N2OS. The van der Waals surface area contributed by atoms with Crippen molar-refractivity contribution in [3.63, 3.8) is 0 Å². The van der Waals surface area contributed by atoms with Gasteiger partial charge >= 0.3 is 0 Å². The molecule has 0 spiro atoms. The highest BCUT2D eigenvalue weighted by atomic mass is 79.9. The Bertz CT molecular complexity index is 904. The van der Waals surface area contributed by atoms with Gasteiger partial charge in [-0.05, 0) is 46.3 Å². The molecule has 0 saturated heterocycles. The van der Waals surface area contributed by atoms with Gasteiger partial charge in [-0.15, -0.1) is 0 Å². The summed E-state index contributed by atoms with van der Waals surface area (Å²) in [5.74, 6) is -0.440. The van der Waals surface area contributed by atoms with E-state index in [0.29, 0.717) is 21.3 Å². The number of imidazole rings is 1. The molecule has 0 bridgehead atoms. The zero-order valence-electron chi connectivity index (χ0n) is 10.8. The molecule has 0 aliphatic heterocycles. The van der Waals surface area contributed by atoms with Crippen molar-refractivity contribution in [2.24, 2.45) is 0 Å². The number of nitrogens with zero attached hydrogens (tertiary/aromatic N) is 1. The fourth-order valence-electron chi connectivity index (χ4n) is 2.13. The summed E-state index contributed by atoms with van der Waals surface area (Å²) in [4.78, 5) is 2.93. The second-order valence-electron chi connectivity index (χ2n) is 4.37. The van der Waals surface area contributed by atoms with E-state index < -0.39 is 11.6 Å². The minimum Gasteiger partial charge on any atom is -0.497 e. The molecule has 7 heteroatoms. The van der Waals surface area contributed by atoms with Crippen molar-refractivity contribution >= 4 is 39.2 Å². The van der Waals surface area contributed by atoms with Crippen LogP contribution in [0.1, 0.15) is 0 Å². The number of ether oxygens (including phenoxy) is 1. The molecule has 2 aromatic carbocycles. The summed E-state index contributed by atoms with van der Waals surface area (Å²) in [5.41, 5.74) is 1.26. The Morgan fingerprint density at radius 3 is 2.67 bits per heavy atom. The SMILES string of the molecule is COc1ccc(F)c(-n2c(=S)[nH]c3cc(Br)c(F)cc32)c1. The highest BCUT2D eigenvalue weighted by Crippen LogP contribution is 2.28. The van der Waals surface area contributed by atoms with Crippen molar-refractivity contribution < 1.29 is 13.5 Å². The second kappa shape index (κ2) is 5.23. The van der Waals surface area contributed by atoms with E-state index >= 15 is 0 Å². The molecule has 3 nitrogen and oxygen atoms in total. The Balaban J connectivity index is 2.37. The first-order valence-electron chi connectivity index (χ1n) is 5.95. The number of rotatable bonds is 2. The van der Waals surface area contributed by atoms with E-state index in [4.69, 9.17) is 17.0 Å². The van der Waals surface area contributed by atoms with Crippen LogP contribution in [0, 0.1) is 16.4 Å². The molecule has 21 heavy (non-hydrogen) atoms. The number of aromatic nitrogens is 2. The number of H-pyrrole nitrogens is 1. The summed E-state index contributed by atoms with van der Waals surface area (Å²) < 4.78 is 35.0. The average molecular weight is 371 g/mol. The molecule has 0 aliphatic carbocycles. The van der Waals surface area contributed by atoms with Crippen LogP contribution in [0.25, 0.3) is 16.7 Å². The normalized spacial score (nSPS) is 11.0. The van der Waals surface area contributed by atoms with Gasteiger partial charge in [0.2, 0.25) is 0 Å². The molecule has 0 unspecified atom stereocenters. The maximum atomic E-state index is 14.1. The number of nitrogens with one attached hydrogen (secondary N) is 1. The summed E-state index contributed by atoms with van der Waals surface area (Å²) in [6, 6.07) is 7.16. The number of hydrogen-bond donors (Lipinski definition) is 1. The third kappa shape index (κ3) is 2.36. The molecule has 1 heterocycles. The second-order valence-corrected chi connectivity index (χ2v) is 5.61. The lowest BCUT2D eigenvalue weighted by molar-refractivity contribution is 0.413. The van der Waals surface area contributed by atoms with Gasteiger partial charge in [0.1, 0.15) is 17.4 Å². The highest BCUT2D eigenvalue weighted by Gasteiger charge is 2.14. The Morgan fingerprint density at radius 1 is 1.19 bits per heavy atom. The van der Waals surface area contributed by atoms with Crippen molar-refractivity contribution in [2.75, 3.05) is 7.11 Å². The lowest BCUT2D eigenvalue weighted by Gasteiger charge is -2.08. The van der Waals surface area contributed by atoms with Crippen LogP contribution in [-0.2, 0) is 0 Å². The predicted octanol–water partition coefficient (Wildman–Crippen LogP) is 4.74. The smallest absolute Gasteiger partial charge is 0.182 e. The number of aromatic amines is 1. The van der Waals surface area contributed by atoms with Crippen LogP contribution in [0.15, 0.2) is 34.8 Å². The van der Waals surface area contributed by atoms with Gasteiger partial charge in [0, 0.05) is 12.1 Å². The molecule has 0 amide bonds. The quantitative estimate of drug-likeness (QED) is 0.660. The first kappa shape index (κ1) is 14.2. The molecule has 0 saturated carbocycles. The number of methoxy groups -OCH3 is 1. The Hall–Kier alpha value is -1.73. The van der Waals surface area contributed by atoms with Crippen molar-refractivity contribution in [3.8, 4) is 11.4 Å². The number of benzene rings is 2. The van der Waals surface area contributed by atoms with E-state index in [9.17, 15) is 8.78 Å². The molecule has 0 fully saturated rings. The average Bonchev–Trinajstić information content (AvgIpc) is 2.75. The van der Waals surface area contributed by atoms with Gasteiger partial charge in [-0.25, -0.2) is 8.78 Å². The van der Waals surface area contributed by atoms with Gasteiger partial charge in [-0.1, -0.05) is 0 Å². The lowest BCUT2D eigenvalue weighted by atomic mass is 10.2. The van der Waals surface area contributed by atoms with E-state index in [-0.39, 0.29) is 10.5 Å². The molecule has 108 valence electrons. The zero-order chi connectivity index (χ0) is 15.1. The zero-order valence-corrected chi connectivity index (χ0v) is 13.2. The van der Waals surface area contributed by atoms with E-state index in [2.05, 4.69) is 20.9 Å². The first-order valence-corrected chi connectivity index (χ1v) is 7.15. The fraction of sp³-hybridized carbons (Fsp3) is 0.0714. The Kier molecular flexibility index (Phi) is 3.54. The monoisotopic (exact) mass is 370 g/mol. The number of halogens is 3. The maximum Gasteiger partial charge on any atom is 0.182 e. The van der Waals surface area contributed by atoms with Crippen molar-refractivity contribution in [2.45, 2.75) is 0 Å². The molecule has 3 aromatic rings. The van der Waals surface area contributed by atoms with Crippen LogP contribution in [0.3, 0.4) is 0 Å². The van der Waals surface area contributed by atoms with Gasteiger partial charge in [-0.3, -0.25) is 4.57 Å². The lowest BCUT2D eigenvalue weighted by Crippen LogP contribution is -1.99. The largest absolute Gasteiger partial charge is 0.497 e. The minimum atomic E-state index is -0.476. The van der Waals surface area contributed by atoms with Crippen molar-refractivity contribution in [3.05, 3.63) is 51.2 Å². The predicted molar refractivity (Wildman–Crippen MR) is 82.6 cm³/mol. The van der Waals surface area contributed by atoms with Gasteiger partial charge in [0.15, 0.2) is 4.77 Å². The summed E-state index contributed by atoms with van der Waals surface area (Å²) in [6.07, 6.45) is 0. The number of hydrogen-bond acceptors (Lipinski definition) is 2. The van der Waals surface area contributed by atoms with Crippen molar-refractivity contribution in [1.82, 2.24) is 9.55 Å². The molecule has 0 radical (unpaired) electrons. The topological polar surface area (TPSA) is 29.9 Å². The Morgan fingerprint density at radius 2 is 1.95 bits per heavy atom. The van der Waals surface area contributed by atoms with Gasteiger partial charge < -0.3 is 9.72 Å². The van der Waals surface area contributed by atoms with Crippen LogP contribution in [-0.4, -0.2) is 16.7 Å². The van der Waals surface area contributed by atoms with Crippen LogP contribution < -0.4 is 4.74 Å².